The molecule has 1 aromatic heterocycles. The van der Waals surface area contributed by atoms with Gasteiger partial charge in [0.15, 0.2) is 5.58 Å². The molecule has 0 aliphatic heterocycles. The van der Waals surface area contributed by atoms with Gasteiger partial charge >= 0.3 is 0 Å². The van der Waals surface area contributed by atoms with E-state index in [1.807, 2.05) is 48.6 Å². The molecular weight excluding hydrogens is 258 g/mol. The van der Waals surface area contributed by atoms with Crippen LogP contribution >= 0.6 is 0 Å². The fourth-order valence-electron chi connectivity index (χ4n) is 2.48. The summed E-state index contributed by atoms with van der Waals surface area (Å²) >= 11 is 0. The summed E-state index contributed by atoms with van der Waals surface area (Å²) in [5, 5.41) is 2.30. The first-order valence-corrected chi connectivity index (χ1v) is 6.91. The number of hydrogen-bond acceptors (Lipinski definition) is 2. The molecule has 0 saturated carbocycles. The molecule has 0 atom stereocenters. The minimum atomic E-state index is 0.630. The minimum Gasteiger partial charge on any atom is -0.437 e. The van der Waals surface area contributed by atoms with Crippen molar-refractivity contribution in [2.75, 3.05) is 0 Å². The Morgan fingerprint density at radius 3 is 2.48 bits per heavy atom. The largest absolute Gasteiger partial charge is 0.437 e. The topological polar surface area (TPSA) is 26.0 Å². The van der Waals surface area contributed by atoms with E-state index in [1.54, 1.807) is 0 Å². The van der Waals surface area contributed by atoms with Crippen LogP contribution in [0.25, 0.3) is 34.0 Å². The van der Waals surface area contributed by atoms with Crippen molar-refractivity contribution in [3.63, 3.8) is 0 Å². The number of aromatic nitrogens is 1. The van der Waals surface area contributed by atoms with Crippen molar-refractivity contribution in [1.29, 1.82) is 0 Å². The number of rotatable bonds is 2. The van der Waals surface area contributed by atoms with E-state index in [-0.39, 0.29) is 0 Å². The molecule has 0 radical (unpaired) electrons. The third-order valence-electron chi connectivity index (χ3n) is 3.52. The van der Waals surface area contributed by atoms with Gasteiger partial charge < -0.3 is 4.42 Å². The van der Waals surface area contributed by atoms with Gasteiger partial charge in [-0.2, -0.15) is 0 Å². The second-order valence-electron chi connectivity index (χ2n) is 4.93. The molecule has 0 fully saturated rings. The lowest BCUT2D eigenvalue weighted by molar-refractivity contribution is 0.590. The van der Waals surface area contributed by atoms with E-state index < -0.39 is 0 Å². The Bertz CT molecular complexity index is 936. The number of hydrogen-bond donors (Lipinski definition) is 0. The maximum Gasteiger partial charge on any atom is 0.220 e. The summed E-state index contributed by atoms with van der Waals surface area (Å²) in [5.74, 6) is 0.630. The average Bonchev–Trinajstić information content (AvgIpc) is 2.97. The van der Waals surface area contributed by atoms with Crippen molar-refractivity contribution in [1.82, 2.24) is 4.98 Å². The van der Waals surface area contributed by atoms with Crippen LogP contribution in [0, 0.1) is 0 Å². The Morgan fingerprint density at radius 2 is 1.57 bits per heavy atom. The van der Waals surface area contributed by atoms with Gasteiger partial charge in [-0.25, -0.2) is 4.98 Å². The Labute approximate surface area is 122 Å². The van der Waals surface area contributed by atoms with Crippen LogP contribution in [0.1, 0.15) is 11.5 Å². The highest BCUT2D eigenvalue weighted by Gasteiger charge is 2.06. The number of benzene rings is 3. The second kappa shape index (κ2) is 4.91. The molecule has 0 aliphatic carbocycles. The van der Waals surface area contributed by atoms with E-state index in [9.17, 15) is 0 Å². The summed E-state index contributed by atoms with van der Waals surface area (Å²) in [7, 11) is 0. The third-order valence-corrected chi connectivity index (χ3v) is 3.52. The van der Waals surface area contributed by atoms with Crippen LogP contribution in [0.2, 0.25) is 0 Å². The van der Waals surface area contributed by atoms with Gasteiger partial charge in [-0.3, -0.25) is 0 Å². The number of nitrogens with zero attached hydrogens (tertiary/aromatic N) is 1. The van der Waals surface area contributed by atoms with Crippen molar-refractivity contribution in [3.8, 4) is 0 Å². The van der Waals surface area contributed by atoms with Crippen LogP contribution in [-0.2, 0) is 0 Å². The van der Waals surface area contributed by atoms with Gasteiger partial charge in [-0.05, 0) is 23.1 Å². The van der Waals surface area contributed by atoms with Gasteiger partial charge in [0.25, 0.3) is 0 Å². The lowest BCUT2D eigenvalue weighted by Crippen LogP contribution is -1.75. The van der Waals surface area contributed by atoms with E-state index in [0.29, 0.717) is 5.89 Å². The van der Waals surface area contributed by atoms with Crippen molar-refractivity contribution in [2.24, 2.45) is 0 Å². The molecule has 2 nitrogen and oxygen atoms in total. The first kappa shape index (κ1) is 11.9. The SMILES string of the molecule is C(=Cc1nc2c(ccc3ccccc32)o1)c1ccccc1. The summed E-state index contributed by atoms with van der Waals surface area (Å²) in [6, 6.07) is 22.4. The summed E-state index contributed by atoms with van der Waals surface area (Å²) in [6.45, 7) is 0. The molecule has 1 heterocycles. The maximum absolute atomic E-state index is 5.80. The molecule has 0 N–H and O–H groups in total. The van der Waals surface area contributed by atoms with Crippen LogP contribution in [0.4, 0.5) is 0 Å². The molecule has 4 aromatic rings. The molecule has 21 heavy (non-hydrogen) atoms. The first-order chi connectivity index (χ1) is 10.4. The van der Waals surface area contributed by atoms with Gasteiger partial charge in [-0.15, -0.1) is 0 Å². The Kier molecular flexibility index (Phi) is 2.79. The Hall–Kier alpha value is -2.87. The standard InChI is InChI=1S/C19H13NO/c1-2-6-14(7-3-1)10-13-18-20-19-16-9-5-4-8-15(16)11-12-17(19)21-18/h1-13H. The van der Waals surface area contributed by atoms with Crippen molar-refractivity contribution in [2.45, 2.75) is 0 Å². The minimum absolute atomic E-state index is 0.630. The molecule has 100 valence electrons. The lowest BCUT2D eigenvalue weighted by atomic mass is 10.1. The van der Waals surface area contributed by atoms with Gasteiger partial charge in [0.1, 0.15) is 5.52 Å². The summed E-state index contributed by atoms with van der Waals surface area (Å²) in [5.41, 5.74) is 2.87. The zero-order chi connectivity index (χ0) is 14.1. The number of oxazole rings is 1. The van der Waals surface area contributed by atoms with Crippen LogP contribution in [0.3, 0.4) is 0 Å². The van der Waals surface area contributed by atoms with Gasteiger partial charge in [-0.1, -0.05) is 60.7 Å². The van der Waals surface area contributed by atoms with E-state index in [2.05, 4.69) is 35.3 Å². The van der Waals surface area contributed by atoms with Crippen LogP contribution < -0.4 is 0 Å². The first-order valence-electron chi connectivity index (χ1n) is 6.91. The normalized spacial score (nSPS) is 11.6. The van der Waals surface area contributed by atoms with Crippen LogP contribution in [0.5, 0.6) is 0 Å². The molecule has 0 aliphatic rings. The van der Waals surface area contributed by atoms with E-state index in [1.165, 1.54) is 5.39 Å². The van der Waals surface area contributed by atoms with Crippen LogP contribution in [-0.4, -0.2) is 4.98 Å². The lowest BCUT2D eigenvalue weighted by Gasteiger charge is -1.95. The molecule has 0 saturated heterocycles. The highest BCUT2D eigenvalue weighted by atomic mass is 16.3. The van der Waals surface area contributed by atoms with Crippen molar-refractivity contribution >= 4 is 34.0 Å². The van der Waals surface area contributed by atoms with Crippen LogP contribution in [0.15, 0.2) is 71.1 Å². The molecule has 0 amide bonds. The number of fused-ring (bicyclic) bond motifs is 3. The monoisotopic (exact) mass is 271 g/mol. The third kappa shape index (κ3) is 2.21. The Balaban J connectivity index is 1.80. The van der Waals surface area contributed by atoms with Gasteiger partial charge in [0, 0.05) is 11.5 Å². The molecule has 4 rings (SSSR count). The summed E-state index contributed by atoms with van der Waals surface area (Å²) in [6.07, 6.45) is 3.91. The zero-order valence-corrected chi connectivity index (χ0v) is 11.4. The predicted molar refractivity (Wildman–Crippen MR) is 86.9 cm³/mol. The zero-order valence-electron chi connectivity index (χ0n) is 11.4. The van der Waals surface area contributed by atoms with Gasteiger partial charge in [0.2, 0.25) is 5.89 Å². The van der Waals surface area contributed by atoms with E-state index >= 15 is 0 Å². The highest BCUT2D eigenvalue weighted by Crippen LogP contribution is 2.26. The molecule has 3 aromatic carbocycles. The quantitative estimate of drug-likeness (QED) is 0.504. The highest BCUT2D eigenvalue weighted by molar-refractivity contribution is 6.03. The molecule has 0 unspecified atom stereocenters. The van der Waals surface area contributed by atoms with Gasteiger partial charge in [0.05, 0.1) is 0 Å². The summed E-state index contributed by atoms with van der Waals surface area (Å²) < 4.78 is 5.80. The molecule has 2 heteroatoms. The summed E-state index contributed by atoms with van der Waals surface area (Å²) in [4.78, 5) is 4.60. The van der Waals surface area contributed by atoms with Crippen molar-refractivity contribution < 1.29 is 4.42 Å². The van der Waals surface area contributed by atoms with E-state index in [4.69, 9.17) is 4.42 Å². The molecule has 0 spiro atoms. The second-order valence-corrected chi connectivity index (χ2v) is 4.93. The average molecular weight is 271 g/mol. The fourth-order valence-corrected chi connectivity index (χ4v) is 2.48. The Morgan fingerprint density at radius 1 is 0.762 bits per heavy atom. The maximum atomic E-state index is 5.80. The van der Waals surface area contributed by atoms with Crippen molar-refractivity contribution in [3.05, 3.63) is 78.2 Å². The fraction of sp³-hybridized carbons (Fsp3) is 0. The van der Waals surface area contributed by atoms with E-state index in [0.717, 1.165) is 22.0 Å². The molecule has 0 bridgehead atoms. The smallest absolute Gasteiger partial charge is 0.220 e. The predicted octanol–water partition coefficient (Wildman–Crippen LogP) is 5.15. The molecular formula is C19H13NO.